The largest absolute Gasteiger partial charge is 0.366 e. The summed E-state index contributed by atoms with van der Waals surface area (Å²) < 4.78 is 0. The lowest BCUT2D eigenvalue weighted by molar-refractivity contribution is 0.100. The van der Waals surface area contributed by atoms with Gasteiger partial charge in [-0.05, 0) is 49.0 Å². The van der Waals surface area contributed by atoms with Crippen LogP contribution in [0.4, 0.5) is 0 Å². The number of allylic oxidation sites excluding steroid dienone is 4. The van der Waals surface area contributed by atoms with Gasteiger partial charge in [0.05, 0.1) is 0 Å². The van der Waals surface area contributed by atoms with Crippen molar-refractivity contribution in [3.8, 4) is 0 Å². The summed E-state index contributed by atoms with van der Waals surface area (Å²) >= 11 is 0. The Balaban J connectivity index is 2.36. The fraction of sp³-hybridized carbons (Fsp3) is 0.267. The van der Waals surface area contributed by atoms with E-state index in [4.69, 9.17) is 5.73 Å². The van der Waals surface area contributed by atoms with Gasteiger partial charge in [-0.1, -0.05) is 30.4 Å². The van der Waals surface area contributed by atoms with Gasteiger partial charge in [-0.2, -0.15) is 0 Å². The van der Waals surface area contributed by atoms with Crippen LogP contribution in [-0.2, 0) is 0 Å². The zero-order valence-electron chi connectivity index (χ0n) is 10.0. The van der Waals surface area contributed by atoms with Crippen molar-refractivity contribution in [2.45, 2.75) is 19.8 Å². The molecule has 0 radical (unpaired) electrons. The number of amides is 1. The summed E-state index contributed by atoms with van der Waals surface area (Å²) in [5.74, 6) is 0.280. The lowest BCUT2D eigenvalue weighted by Crippen LogP contribution is -2.10. The molecule has 1 fully saturated rings. The maximum Gasteiger partial charge on any atom is 0.248 e. The second-order valence-electron chi connectivity index (χ2n) is 4.37. The number of primary amides is 1. The molecule has 1 aromatic rings. The molecule has 0 spiro atoms. The van der Waals surface area contributed by atoms with Crippen LogP contribution in [-0.4, -0.2) is 5.91 Å². The van der Waals surface area contributed by atoms with Crippen LogP contribution in [0.1, 0.15) is 35.7 Å². The van der Waals surface area contributed by atoms with Crippen molar-refractivity contribution in [1.29, 1.82) is 0 Å². The zero-order chi connectivity index (χ0) is 12.3. The van der Waals surface area contributed by atoms with E-state index in [9.17, 15) is 4.79 Å². The topological polar surface area (TPSA) is 43.1 Å². The molecule has 1 aromatic carbocycles. The highest BCUT2D eigenvalue weighted by Gasteiger charge is 2.26. The second kappa shape index (κ2) is 5.00. The molecule has 0 aliphatic heterocycles. The van der Waals surface area contributed by atoms with E-state index >= 15 is 0 Å². The Hall–Kier alpha value is -1.83. The fourth-order valence-corrected chi connectivity index (χ4v) is 1.91. The zero-order valence-corrected chi connectivity index (χ0v) is 10.0. The SMILES string of the molecule is C/C=C\C=C(\c1cccc(C(N)=O)c1)C1CC1. The van der Waals surface area contributed by atoms with E-state index in [1.165, 1.54) is 18.4 Å². The molecule has 2 rings (SSSR count). The highest BCUT2D eigenvalue weighted by Crippen LogP contribution is 2.42. The van der Waals surface area contributed by atoms with E-state index in [1.807, 2.05) is 37.3 Å². The summed E-state index contributed by atoms with van der Waals surface area (Å²) in [6.45, 7) is 2.00. The van der Waals surface area contributed by atoms with Gasteiger partial charge in [0, 0.05) is 5.56 Å². The van der Waals surface area contributed by atoms with Gasteiger partial charge < -0.3 is 5.73 Å². The monoisotopic (exact) mass is 227 g/mol. The summed E-state index contributed by atoms with van der Waals surface area (Å²) in [5, 5.41) is 0. The molecule has 1 saturated carbocycles. The molecule has 1 amide bonds. The lowest BCUT2D eigenvalue weighted by atomic mass is 9.98. The van der Waals surface area contributed by atoms with E-state index in [0.717, 1.165) is 5.56 Å². The van der Waals surface area contributed by atoms with E-state index < -0.39 is 0 Å². The molecule has 0 unspecified atom stereocenters. The minimum absolute atomic E-state index is 0.368. The highest BCUT2D eigenvalue weighted by atomic mass is 16.1. The van der Waals surface area contributed by atoms with E-state index in [1.54, 1.807) is 6.07 Å². The predicted molar refractivity (Wildman–Crippen MR) is 70.5 cm³/mol. The molecular formula is C15H17NO. The van der Waals surface area contributed by atoms with Gasteiger partial charge in [0.2, 0.25) is 5.91 Å². The Kier molecular flexibility index (Phi) is 3.43. The van der Waals surface area contributed by atoms with Crippen LogP contribution in [0.3, 0.4) is 0 Å². The smallest absolute Gasteiger partial charge is 0.248 e. The summed E-state index contributed by atoms with van der Waals surface area (Å²) in [6, 6.07) is 7.57. The molecule has 2 N–H and O–H groups in total. The number of hydrogen-bond donors (Lipinski definition) is 1. The van der Waals surface area contributed by atoms with E-state index in [-0.39, 0.29) is 5.91 Å². The molecule has 0 aromatic heterocycles. The Labute approximate surface area is 102 Å². The summed E-state index contributed by atoms with van der Waals surface area (Å²) in [6.07, 6.45) is 8.68. The van der Waals surface area contributed by atoms with Crippen LogP contribution in [0.2, 0.25) is 0 Å². The molecule has 0 heterocycles. The molecule has 0 atom stereocenters. The maximum absolute atomic E-state index is 11.2. The van der Waals surface area contributed by atoms with Crippen molar-refractivity contribution < 1.29 is 4.79 Å². The third-order valence-corrected chi connectivity index (χ3v) is 2.97. The Morgan fingerprint density at radius 1 is 1.35 bits per heavy atom. The molecule has 2 heteroatoms. The Morgan fingerprint density at radius 2 is 2.06 bits per heavy atom. The molecule has 17 heavy (non-hydrogen) atoms. The Morgan fingerprint density at radius 3 is 2.65 bits per heavy atom. The van der Waals surface area contributed by atoms with Gasteiger partial charge in [0.25, 0.3) is 0 Å². The third kappa shape index (κ3) is 2.84. The first-order valence-electron chi connectivity index (χ1n) is 5.95. The standard InChI is InChI=1S/C15H17NO/c1-2-3-7-14(11-8-9-11)12-5-4-6-13(10-12)15(16)17/h2-7,10-11H,8-9H2,1H3,(H2,16,17)/b3-2-,14-7+. The van der Waals surface area contributed by atoms with Gasteiger partial charge in [-0.15, -0.1) is 0 Å². The van der Waals surface area contributed by atoms with Crippen LogP contribution in [0.25, 0.3) is 5.57 Å². The van der Waals surface area contributed by atoms with Gasteiger partial charge in [0.15, 0.2) is 0 Å². The third-order valence-electron chi connectivity index (χ3n) is 2.97. The molecule has 1 aliphatic rings. The van der Waals surface area contributed by atoms with Crippen LogP contribution in [0.5, 0.6) is 0 Å². The lowest BCUT2D eigenvalue weighted by Gasteiger charge is -2.06. The van der Waals surface area contributed by atoms with Crippen LogP contribution in [0.15, 0.2) is 42.5 Å². The fourth-order valence-electron chi connectivity index (χ4n) is 1.91. The average molecular weight is 227 g/mol. The van der Waals surface area contributed by atoms with Crippen molar-refractivity contribution in [2.24, 2.45) is 11.7 Å². The number of benzene rings is 1. The second-order valence-corrected chi connectivity index (χ2v) is 4.37. The molecular weight excluding hydrogens is 210 g/mol. The number of rotatable bonds is 4. The number of hydrogen-bond acceptors (Lipinski definition) is 1. The normalized spacial score (nSPS) is 16.4. The van der Waals surface area contributed by atoms with E-state index in [2.05, 4.69) is 6.08 Å². The van der Waals surface area contributed by atoms with Gasteiger partial charge in [0.1, 0.15) is 0 Å². The van der Waals surface area contributed by atoms with Crippen molar-refractivity contribution in [3.63, 3.8) is 0 Å². The predicted octanol–water partition coefficient (Wildman–Crippen LogP) is 3.16. The number of carbonyl (C=O) groups is 1. The quantitative estimate of drug-likeness (QED) is 0.789. The van der Waals surface area contributed by atoms with Crippen molar-refractivity contribution in [1.82, 2.24) is 0 Å². The van der Waals surface area contributed by atoms with Gasteiger partial charge in [-0.3, -0.25) is 4.79 Å². The van der Waals surface area contributed by atoms with Gasteiger partial charge >= 0.3 is 0 Å². The molecule has 0 bridgehead atoms. The number of carbonyl (C=O) groups excluding carboxylic acids is 1. The maximum atomic E-state index is 11.2. The van der Waals surface area contributed by atoms with Crippen LogP contribution in [0, 0.1) is 5.92 Å². The molecule has 1 aliphatic carbocycles. The van der Waals surface area contributed by atoms with Gasteiger partial charge in [-0.25, -0.2) is 0 Å². The van der Waals surface area contributed by atoms with E-state index in [0.29, 0.717) is 11.5 Å². The Bertz CT molecular complexity index is 481. The van der Waals surface area contributed by atoms with Crippen molar-refractivity contribution in [3.05, 3.63) is 53.6 Å². The number of nitrogens with two attached hydrogens (primary N) is 1. The average Bonchev–Trinajstić information content (AvgIpc) is 3.14. The summed E-state index contributed by atoms with van der Waals surface area (Å²) in [5.41, 5.74) is 8.30. The highest BCUT2D eigenvalue weighted by molar-refractivity contribution is 5.93. The molecule has 2 nitrogen and oxygen atoms in total. The summed E-state index contributed by atoms with van der Waals surface area (Å²) in [7, 11) is 0. The minimum atomic E-state index is -0.368. The molecule has 0 saturated heterocycles. The van der Waals surface area contributed by atoms with Crippen molar-refractivity contribution >= 4 is 11.5 Å². The minimum Gasteiger partial charge on any atom is -0.366 e. The van der Waals surface area contributed by atoms with Crippen LogP contribution >= 0.6 is 0 Å². The van der Waals surface area contributed by atoms with Crippen molar-refractivity contribution in [2.75, 3.05) is 0 Å². The first-order chi connectivity index (χ1) is 8.22. The first-order valence-corrected chi connectivity index (χ1v) is 5.95. The van der Waals surface area contributed by atoms with Crippen LogP contribution < -0.4 is 5.73 Å². The summed E-state index contributed by atoms with van der Waals surface area (Å²) in [4.78, 5) is 11.2. The molecule has 88 valence electrons. The first kappa shape index (κ1) is 11.6.